The molecule has 2 fully saturated rings. The zero-order valence-corrected chi connectivity index (χ0v) is 15.2. The minimum Gasteiger partial charge on any atom is -0.381 e. The minimum atomic E-state index is 0.359. The fraction of sp³-hybridized carbons (Fsp3) is 0.579. The highest BCUT2D eigenvalue weighted by Crippen LogP contribution is 2.35. The number of anilines is 1. The van der Waals surface area contributed by atoms with Crippen molar-refractivity contribution in [1.82, 2.24) is 15.0 Å². The monoisotopic (exact) mass is 342 g/mol. The summed E-state index contributed by atoms with van der Waals surface area (Å²) in [6, 6.07) is 8.19. The Labute approximate surface area is 148 Å². The Morgan fingerprint density at radius 2 is 2.20 bits per heavy atom. The smallest absolute Gasteiger partial charge is 0.258 e. The molecule has 2 aliphatic rings. The van der Waals surface area contributed by atoms with Crippen LogP contribution in [0.3, 0.4) is 0 Å². The van der Waals surface area contributed by atoms with Crippen LogP contribution in [0.15, 0.2) is 22.7 Å². The second-order valence-corrected chi connectivity index (χ2v) is 7.28. The average molecular weight is 342 g/mol. The summed E-state index contributed by atoms with van der Waals surface area (Å²) in [4.78, 5) is 7.08. The van der Waals surface area contributed by atoms with Gasteiger partial charge in [-0.05, 0) is 50.8 Å². The number of nitrogens with one attached hydrogen (secondary N) is 1. The van der Waals surface area contributed by atoms with Crippen molar-refractivity contribution in [3.05, 3.63) is 29.6 Å². The quantitative estimate of drug-likeness (QED) is 0.869. The lowest BCUT2D eigenvalue weighted by Crippen LogP contribution is -2.31. The maximum Gasteiger partial charge on any atom is 0.258 e. The van der Waals surface area contributed by atoms with Gasteiger partial charge in [0, 0.05) is 43.0 Å². The molecule has 0 radical (unpaired) electrons. The molecule has 0 bridgehead atoms. The molecule has 2 aromatic rings. The molecule has 1 saturated carbocycles. The van der Waals surface area contributed by atoms with Crippen molar-refractivity contribution in [2.45, 2.75) is 57.8 Å². The molecular formula is C19H26N4O2. The van der Waals surface area contributed by atoms with Crippen LogP contribution in [-0.2, 0) is 11.3 Å². The van der Waals surface area contributed by atoms with E-state index in [0.29, 0.717) is 30.4 Å². The van der Waals surface area contributed by atoms with Gasteiger partial charge in [-0.2, -0.15) is 4.98 Å². The van der Waals surface area contributed by atoms with Crippen LogP contribution in [0, 0.1) is 6.92 Å². The molecular weight excluding hydrogens is 316 g/mol. The Morgan fingerprint density at radius 1 is 1.36 bits per heavy atom. The SMILES string of the molecule is COCc1noc(-c2cccc(N[C@H]3C[C@H](C)N(C4CC4)C3)c2C)n1. The Kier molecular flexibility index (Phi) is 4.48. The summed E-state index contributed by atoms with van der Waals surface area (Å²) < 4.78 is 10.5. The Bertz CT molecular complexity index is 741. The lowest BCUT2D eigenvalue weighted by Gasteiger charge is -2.20. The first-order chi connectivity index (χ1) is 12.2. The van der Waals surface area contributed by atoms with E-state index in [-0.39, 0.29) is 0 Å². The molecule has 6 heteroatoms. The van der Waals surface area contributed by atoms with Gasteiger partial charge >= 0.3 is 0 Å². The van der Waals surface area contributed by atoms with Crippen LogP contribution in [0.1, 0.15) is 37.6 Å². The molecule has 1 aliphatic carbocycles. The molecule has 25 heavy (non-hydrogen) atoms. The molecule has 2 heterocycles. The van der Waals surface area contributed by atoms with Crippen LogP contribution in [0.2, 0.25) is 0 Å². The highest BCUT2D eigenvalue weighted by atomic mass is 16.5. The molecule has 2 atom stereocenters. The number of nitrogens with zero attached hydrogens (tertiary/aromatic N) is 3. The normalized spacial score (nSPS) is 24.0. The lowest BCUT2D eigenvalue weighted by atomic mass is 10.1. The third kappa shape index (κ3) is 3.41. The third-order valence-corrected chi connectivity index (χ3v) is 5.30. The summed E-state index contributed by atoms with van der Waals surface area (Å²) >= 11 is 0. The number of likely N-dealkylation sites (tertiary alicyclic amines) is 1. The molecule has 4 rings (SSSR count). The van der Waals surface area contributed by atoms with Crippen molar-refractivity contribution < 1.29 is 9.26 Å². The van der Waals surface area contributed by atoms with Crippen molar-refractivity contribution in [2.24, 2.45) is 0 Å². The molecule has 0 unspecified atom stereocenters. The second kappa shape index (κ2) is 6.77. The molecule has 1 aromatic carbocycles. The van der Waals surface area contributed by atoms with Crippen LogP contribution in [0.5, 0.6) is 0 Å². The minimum absolute atomic E-state index is 0.359. The topological polar surface area (TPSA) is 63.4 Å². The number of ether oxygens (including phenoxy) is 1. The predicted octanol–water partition coefficient (Wildman–Crippen LogP) is 3.23. The fourth-order valence-corrected chi connectivity index (χ4v) is 3.87. The first-order valence-corrected chi connectivity index (χ1v) is 9.09. The molecule has 1 N–H and O–H groups in total. The van der Waals surface area contributed by atoms with E-state index in [1.54, 1.807) is 7.11 Å². The van der Waals surface area contributed by atoms with Gasteiger partial charge in [0.15, 0.2) is 5.82 Å². The average Bonchev–Trinajstić information content (AvgIpc) is 3.22. The van der Waals surface area contributed by atoms with E-state index in [2.05, 4.69) is 40.3 Å². The van der Waals surface area contributed by atoms with Gasteiger partial charge in [-0.3, -0.25) is 4.90 Å². The Hall–Kier alpha value is -1.92. The number of aromatic nitrogens is 2. The maximum atomic E-state index is 5.41. The zero-order valence-electron chi connectivity index (χ0n) is 15.2. The van der Waals surface area contributed by atoms with Gasteiger partial charge in [0.25, 0.3) is 5.89 Å². The van der Waals surface area contributed by atoms with Crippen molar-refractivity contribution in [2.75, 3.05) is 19.0 Å². The van der Waals surface area contributed by atoms with E-state index in [0.717, 1.165) is 29.4 Å². The molecule has 0 amide bonds. The highest BCUT2D eigenvalue weighted by molar-refractivity contribution is 5.68. The summed E-state index contributed by atoms with van der Waals surface area (Å²) in [5.74, 6) is 1.12. The second-order valence-electron chi connectivity index (χ2n) is 7.28. The van der Waals surface area contributed by atoms with E-state index in [4.69, 9.17) is 9.26 Å². The van der Waals surface area contributed by atoms with Crippen molar-refractivity contribution in [3.8, 4) is 11.5 Å². The van der Waals surface area contributed by atoms with Gasteiger partial charge in [0.1, 0.15) is 6.61 Å². The van der Waals surface area contributed by atoms with Gasteiger partial charge < -0.3 is 14.6 Å². The van der Waals surface area contributed by atoms with E-state index < -0.39 is 0 Å². The summed E-state index contributed by atoms with van der Waals surface area (Å²) in [6.45, 7) is 5.94. The summed E-state index contributed by atoms with van der Waals surface area (Å²) in [7, 11) is 1.62. The molecule has 1 aliphatic heterocycles. The number of hydrogen-bond donors (Lipinski definition) is 1. The van der Waals surface area contributed by atoms with E-state index >= 15 is 0 Å². The van der Waals surface area contributed by atoms with Crippen molar-refractivity contribution in [1.29, 1.82) is 0 Å². The summed E-state index contributed by atoms with van der Waals surface area (Å²) in [5.41, 5.74) is 3.27. The number of hydrogen-bond acceptors (Lipinski definition) is 6. The summed E-state index contributed by atoms with van der Waals surface area (Å²) in [6.07, 6.45) is 3.93. The molecule has 0 spiro atoms. The Morgan fingerprint density at radius 3 is 2.96 bits per heavy atom. The number of benzene rings is 1. The van der Waals surface area contributed by atoms with Crippen LogP contribution < -0.4 is 5.32 Å². The van der Waals surface area contributed by atoms with Crippen molar-refractivity contribution >= 4 is 5.69 Å². The van der Waals surface area contributed by atoms with Gasteiger partial charge in [-0.15, -0.1) is 0 Å². The third-order valence-electron chi connectivity index (χ3n) is 5.30. The standard InChI is InChI=1S/C19H26N4O2/c1-12-9-14(10-23(12)15-7-8-15)20-17-6-4-5-16(13(17)2)19-21-18(11-24-3)22-25-19/h4-6,12,14-15,20H,7-11H2,1-3H3/t12-,14-/m0/s1. The van der Waals surface area contributed by atoms with Crippen LogP contribution in [0.25, 0.3) is 11.5 Å². The van der Waals surface area contributed by atoms with Gasteiger partial charge in [0.05, 0.1) is 0 Å². The number of methoxy groups -OCH3 is 1. The van der Waals surface area contributed by atoms with Crippen LogP contribution in [0.4, 0.5) is 5.69 Å². The first kappa shape index (κ1) is 16.5. The molecule has 134 valence electrons. The van der Waals surface area contributed by atoms with E-state index in [9.17, 15) is 0 Å². The lowest BCUT2D eigenvalue weighted by molar-refractivity contribution is 0.174. The molecule has 1 saturated heterocycles. The van der Waals surface area contributed by atoms with E-state index in [1.807, 2.05) is 12.1 Å². The first-order valence-electron chi connectivity index (χ1n) is 9.09. The van der Waals surface area contributed by atoms with Gasteiger partial charge in [-0.1, -0.05) is 11.2 Å². The maximum absolute atomic E-state index is 5.41. The highest BCUT2D eigenvalue weighted by Gasteiger charge is 2.38. The summed E-state index contributed by atoms with van der Waals surface area (Å²) in [5, 5.41) is 7.70. The molecule has 1 aromatic heterocycles. The van der Waals surface area contributed by atoms with Gasteiger partial charge in [-0.25, -0.2) is 0 Å². The fourth-order valence-electron chi connectivity index (χ4n) is 3.87. The van der Waals surface area contributed by atoms with Crippen LogP contribution >= 0.6 is 0 Å². The van der Waals surface area contributed by atoms with Crippen molar-refractivity contribution in [3.63, 3.8) is 0 Å². The van der Waals surface area contributed by atoms with Gasteiger partial charge in [0.2, 0.25) is 0 Å². The van der Waals surface area contributed by atoms with Crippen LogP contribution in [-0.4, -0.2) is 46.8 Å². The molecule has 6 nitrogen and oxygen atoms in total. The zero-order chi connectivity index (χ0) is 17.4. The Balaban J connectivity index is 1.51. The van der Waals surface area contributed by atoms with E-state index in [1.165, 1.54) is 19.3 Å². The number of rotatable bonds is 6. The largest absolute Gasteiger partial charge is 0.381 e. The predicted molar refractivity (Wildman–Crippen MR) is 96.4 cm³/mol.